The summed E-state index contributed by atoms with van der Waals surface area (Å²) in [6.07, 6.45) is 0. The molecule has 0 bridgehead atoms. The van der Waals surface area contributed by atoms with Crippen molar-refractivity contribution in [3.8, 4) is 90.6 Å². The maximum atomic E-state index is 13.8. The number of nitrogens with zero attached hydrogens (tertiary/aromatic N) is 6. The number of fused-ring (bicyclic) bond motifs is 1. The van der Waals surface area contributed by atoms with Gasteiger partial charge in [0, 0.05) is 33.4 Å². The highest BCUT2D eigenvalue weighted by Gasteiger charge is 2.15. The minimum Gasteiger partial charge on any atom is -0.208 e. The first kappa shape index (κ1) is 36.7. The van der Waals surface area contributed by atoms with E-state index in [2.05, 4.69) is 82.0 Å². The molecule has 10 rings (SSSR count). The molecule has 0 spiro atoms. The number of benzene rings is 8. The first-order valence-electron chi connectivity index (χ1n) is 19.5. The maximum absolute atomic E-state index is 13.8. The van der Waals surface area contributed by atoms with E-state index < -0.39 is 0 Å². The third-order valence-corrected chi connectivity index (χ3v) is 10.8. The lowest BCUT2D eigenvalue weighted by atomic mass is 9.94. The molecule has 0 fully saturated rings. The van der Waals surface area contributed by atoms with Crippen molar-refractivity contribution >= 4 is 25.3 Å². The van der Waals surface area contributed by atoms with Crippen LogP contribution in [0.5, 0.6) is 0 Å². The summed E-state index contributed by atoms with van der Waals surface area (Å²) in [5, 5.41) is 3.38. The summed E-state index contributed by atoms with van der Waals surface area (Å²) >= 11 is 0. The smallest absolute Gasteiger partial charge is 0.164 e. The maximum Gasteiger partial charge on any atom is 0.164 e. The van der Waals surface area contributed by atoms with Crippen molar-refractivity contribution in [3.63, 3.8) is 0 Å². The molecule has 0 aliphatic rings. The Morgan fingerprint density at radius 2 is 0.667 bits per heavy atom. The Morgan fingerprint density at radius 3 is 1.13 bits per heavy atom. The quantitative estimate of drug-likeness (QED) is 0.143. The van der Waals surface area contributed by atoms with Crippen molar-refractivity contribution in [2.75, 3.05) is 0 Å². The van der Waals surface area contributed by atoms with Crippen LogP contribution in [0.15, 0.2) is 194 Å². The monoisotopic (exact) mass is 792 g/mol. The van der Waals surface area contributed by atoms with Crippen LogP contribution in [-0.2, 0) is 0 Å². The van der Waals surface area contributed by atoms with Crippen LogP contribution in [-0.4, -0.2) is 29.9 Å². The van der Waals surface area contributed by atoms with Crippen LogP contribution in [0, 0.1) is 5.82 Å². The number of hydrogen-bond acceptors (Lipinski definition) is 6. The van der Waals surface area contributed by atoms with Gasteiger partial charge in [0.05, 0.1) is 0 Å². The van der Waals surface area contributed by atoms with Gasteiger partial charge in [-0.1, -0.05) is 164 Å². The third-order valence-electron chi connectivity index (χ3n) is 10.4. The average Bonchev–Trinajstić information content (AvgIpc) is 3.32. The minimum atomic E-state index is -0.312. The molecule has 10 aromatic rings. The van der Waals surface area contributed by atoms with Crippen LogP contribution in [0.2, 0.25) is 0 Å². The van der Waals surface area contributed by atoms with E-state index in [1.54, 1.807) is 12.1 Å². The predicted octanol–water partition coefficient (Wildman–Crippen LogP) is 12.2. The summed E-state index contributed by atoms with van der Waals surface area (Å²) in [4.78, 5) is 29.1. The molecule has 8 heteroatoms. The van der Waals surface area contributed by atoms with Gasteiger partial charge in [-0.25, -0.2) is 34.3 Å². The Hall–Kier alpha value is -7.60. The molecule has 0 N–H and O–H groups in total. The van der Waals surface area contributed by atoms with E-state index in [1.165, 1.54) is 12.1 Å². The largest absolute Gasteiger partial charge is 0.208 e. The minimum absolute atomic E-state index is 0.312. The number of rotatable bonds is 8. The Morgan fingerprint density at radius 1 is 0.300 bits per heavy atom. The summed E-state index contributed by atoms with van der Waals surface area (Å²) in [5.41, 5.74) is 9.63. The molecule has 0 aliphatic carbocycles. The molecule has 0 saturated carbocycles. The normalized spacial score (nSPS) is 11.2. The van der Waals surface area contributed by atoms with Crippen molar-refractivity contribution in [2.24, 2.45) is 0 Å². The number of halogens is 1. The van der Waals surface area contributed by atoms with Gasteiger partial charge in [-0.3, -0.25) is 0 Å². The summed E-state index contributed by atoms with van der Waals surface area (Å²) in [5.74, 6) is 3.15. The van der Waals surface area contributed by atoms with E-state index in [1.807, 2.05) is 97.1 Å². The van der Waals surface area contributed by atoms with Crippen molar-refractivity contribution in [1.82, 2.24) is 29.9 Å². The summed E-state index contributed by atoms with van der Waals surface area (Å²) in [7, 11) is 2.72. The lowest BCUT2D eigenvalue weighted by Crippen LogP contribution is -2.00. The van der Waals surface area contributed by atoms with E-state index >= 15 is 0 Å². The Labute approximate surface area is 348 Å². The fourth-order valence-corrected chi connectivity index (χ4v) is 7.45. The summed E-state index contributed by atoms with van der Waals surface area (Å²) < 4.78 is 13.8. The first-order valence-corrected chi connectivity index (χ1v) is 20.1. The molecular formula is C52H34FN6P. The van der Waals surface area contributed by atoms with E-state index in [0.29, 0.717) is 40.5 Å². The molecule has 0 amide bonds. The summed E-state index contributed by atoms with van der Waals surface area (Å²) in [6.45, 7) is 0. The van der Waals surface area contributed by atoms with Crippen molar-refractivity contribution in [1.29, 1.82) is 0 Å². The molecule has 6 nitrogen and oxygen atoms in total. The molecule has 284 valence electrons. The fraction of sp³-hybridized carbons (Fsp3) is 0. The molecular weight excluding hydrogens is 759 g/mol. The van der Waals surface area contributed by atoms with Gasteiger partial charge >= 0.3 is 0 Å². The van der Waals surface area contributed by atoms with Crippen molar-refractivity contribution < 1.29 is 4.39 Å². The van der Waals surface area contributed by atoms with Crippen molar-refractivity contribution in [3.05, 3.63) is 200 Å². The zero-order valence-electron chi connectivity index (χ0n) is 32.1. The standard InChI is InChI=1S/C52H34FN6P/c53-43-27-22-39(23-28-43)51-56-47(35-8-3-1-4-9-35)55-50(58-51)38-20-16-34(17-21-38)45-13-7-12-42-32-41(26-31-46(42)45)33-14-18-37(19-15-33)49-54-48(36-10-5-2-6-11-36)57-52(59-49)40-24-29-44(60)30-25-40/h1-32H,60H2. The lowest BCUT2D eigenvalue weighted by Gasteiger charge is -2.11. The first-order chi connectivity index (χ1) is 29.5. The molecule has 60 heavy (non-hydrogen) atoms. The fourth-order valence-electron chi connectivity index (χ4n) is 7.26. The third kappa shape index (κ3) is 7.58. The second kappa shape index (κ2) is 16.0. The van der Waals surface area contributed by atoms with Crippen LogP contribution in [0.3, 0.4) is 0 Å². The highest BCUT2D eigenvalue weighted by Crippen LogP contribution is 2.34. The van der Waals surface area contributed by atoms with Gasteiger partial charge in [0.15, 0.2) is 34.9 Å². The molecule has 2 aromatic heterocycles. The topological polar surface area (TPSA) is 77.3 Å². The van der Waals surface area contributed by atoms with Crippen LogP contribution >= 0.6 is 9.24 Å². The zero-order chi connectivity index (χ0) is 40.4. The molecule has 2 heterocycles. The zero-order valence-corrected chi connectivity index (χ0v) is 33.3. The van der Waals surface area contributed by atoms with Crippen LogP contribution in [0.25, 0.3) is 101 Å². The van der Waals surface area contributed by atoms with Gasteiger partial charge in [0.1, 0.15) is 5.82 Å². The Balaban J connectivity index is 0.945. The number of aromatic nitrogens is 6. The van der Waals surface area contributed by atoms with E-state index in [9.17, 15) is 4.39 Å². The van der Waals surface area contributed by atoms with Gasteiger partial charge < -0.3 is 0 Å². The SMILES string of the molecule is Fc1ccc(-c2nc(-c3ccccc3)nc(-c3ccc(-c4cccc5cc(-c6ccc(-c7nc(-c8ccccc8)nc(-c8ccc(P)cc8)n7)cc6)ccc45)cc3)n2)cc1. The van der Waals surface area contributed by atoms with E-state index in [4.69, 9.17) is 29.9 Å². The molecule has 1 unspecified atom stereocenters. The van der Waals surface area contributed by atoms with Gasteiger partial charge in [0.25, 0.3) is 0 Å². The van der Waals surface area contributed by atoms with Gasteiger partial charge in [-0.2, -0.15) is 0 Å². The molecule has 0 aliphatic heterocycles. The van der Waals surface area contributed by atoms with Crippen LogP contribution in [0.4, 0.5) is 4.39 Å². The second-order valence-corrected chi connectivity index (χ2v) is 15.0. The molecule has 0 radical (unpaired) electrons. The van der Waals surface area contributed by atoms with E-state index in [-0.39, 0.29) is 5.82 Å². The Bertz CT molecular complexity index is 3120. The Kier molecular flexibility index (Phi) is 9.78. The molecule has 8 aromatic carbocycles. The molecule has 1 atom stereocenters. The van der Waals surface area contributed by atoms with Gasteiger partial charge in [-0.05, 0) is 68.7 Å². The highest BCUT2D eigenvalue weighted by atomic mass is 31.0. The van der Waals surface area contributed by atoms with E-state index in [0.717, 1.165) is 66.1 Å². The van der Waals surface area contributed by atoms with Gasteiger partial charge in [0.2, 0.25) is 0 Å². The molecule has 0 saturated heterocycles. The average molecular weight is 793 g/mol. The number of hydrogen-bond donors (Lipinski definition) is 0. The summed E-state index contributed by atoms with van der Waals surface area (Å²) in [6, 6.07) is 63.9. The predicted molar refractivity (Wildman–Crippen MR) is 244 cm³/mol. The van der Waals surface area contributed by atoms with Gasteiger partial charge in [-0.15, -0.1) is 9.24 Å². The van der Waals surface area contributed by atoms with Crippen LogP contribution in [0.1, 0.15) is 0 Å². The highest BCUT2D eigenvalue weighted by molar-refractivity contribution is 7.27. The second-order valence-electron chi connectivity index (χ2n) is 14.4. The van der Waals surface area contributed by atoms with Crippen LogP contribution < -0.4 is 5.30 Å². The van der Waals surface area contributed by atoms with Crippen molar-refractivity contribution in [2.45, 2.75) is 0 Å². The lowest BCUT2D eigenvalue weighted by molar-refractivity contribution is 0.628.